The third-order valence-corrected chi connectivity index (χ3v) is 5.01. The second-order valence-corrected chi connectivity index (χ2v) is 6.88. The van der Waals surface area contributed by atoms with Gasteiger partial charge in [-0.25, -0.2) is 0 Å². The summed E-state index contributed by atoms with van der Waals surface area (Å²) in [6.07, 6.45) is 6.13. The Bertz CT molecular complexity index is 680. The van der Waals surface area contributed by atoms with E-state index in [2.05, 4.69) is 30.2 Å². The van der Waals surface area contributed by atoms with Gasteiger partial charge in [-0.15, -0.1) is 11.8 Å². The van der Waals surface area contributed by atoms with Crippen LogP contribution in [0.4, 0.5) is 5.69 Å². The van der Waals surface area contributed by atoms with Crippen LogP contribution in [-0.2, 0) is 18.3 Å². The van der Waals surface area contributed by atoms with Gasteiger partial charge in [0, 0.05) is 31.1 Å². The maximum Gasteiger partial charge on any atom is 0.227 e. The Morgan fingerprint density at radius 1 is 1.41 bits per heavy atom. The number of hydrogen-bond acceptors (Lipinski definition) is 3. The van der Waals surface area contributed by atoms with Crippen LogP contribution >= 0.6 is 11.8 Å². The van der Waals surface area contributed by atoms with Gasteiger partial charge in [0.15, 0.2) is 0 Å². The topological polar surface area (TPSA) is 38.1 Å². The highest BCUT2D eigenvalue weighted by Gasteiger charge is 2.21. The minimum absolute atomic E-state index is 0.205. The molecule has 0 atom stereocenters. The second kappa shape index (κ2) is 6.57. The maximum atomic E-state index is 12.7. The normalized spacial score (nSPS) is 14.5. The van der Waals surface area contributed by atoms with E-state index in [0.29, 0.717) is 6.42 Å². The predicted molar refractivity (Wildman–Crippen MR) is 90.4 cm³/mol. The first-order valence-corrected chi connectivity index (χ1v) is 8.63. The van der Waals surface area contributed by atoms with Crippen LogP contribution in [-0.4, -0.2) is 28.0 Å². The molecule has 22 heavy (non-hydrogen) atoms. The smallest absolute Gasteiger partial charge is 0.227 e. The molecule has 1 aromatic carbocycles. The molecule has 0 N–H and O–H groups in total. The summed E-state index contributed by atoms with van der Waals surface area (Å²) < 4.78 is 1.78. The SMILES string of the molecule is Cc1ccc2c(c1)SCCCN2C(=O)CCc1cnn(C)c1. The van der Waals surface area contributed by atoms with Crippen LogP contribution in [0.15, 0.2) is 35.5 Å². The summed E-state index contributed by atoms with van der Waals surface area (Å²) in [5.41, 5.74) is 3.43. The number of nitrogens with zero attached hydrogens (tertiary/aromatic N) is 3. The zero-order chi connectivity index (χ0) is 15.5. The molecule has 0 saturated carbocycles. The molecule has 1 aliphatic heterocycles. The van der Waals surface area contributed by atoms with Crippen molar-refractivity contribution in [3.8, 4) is 0 Å². The summed E-state index contributed by atoms with van der Waals surface area (Å²) in [5.74, 6) is 1.28. The van der Waals surface area contributed by atoms with Crippen molar-refractivity contribution in [2.75, 3.05) is 17.2 Å². The van der Waals surface area contributed by atoms with Gasteiger partial charge in [-0.2, -0.15) is 5.10 Å². The van der Waals surface area contributed by atoms with Crippen molar-refractivity contribution in [3.63, 3.8) is 0 Å². The number of rotatable bonds is 3. The van der Waals surface area contributed by atoms with Gasteiger partial charge < -0.3 is 4.90 Å². The van der Waals surface area contributed by atoms with Crippen LogP contribution in [0, 0.1) is 6.92 Å². The lowest BCUT2D eigenvalue weighted by molar-refractivity contribution is -0.118. The first-order valence-electron chi connectivity index (χ1n) is 7.65. The Hall–Kier alpha value is -1.75. The Morgan fingerprint density at radius 3 is 3.05 bits per heavy atom. The largest absolute Gasteiger partial charge is 0.311 e. The van der Waals surface area contributed by atoms with Gasteiger partial charge in [-0.1, -0.05) is 6.07 Å². The quantitative estimate of drug-likeness (QED) is 0.873. The van der Waals surface area contributed by atoms with Crippen LogP contribution in [0.3, 0.4) is 0 Å². The number of fused-ring (bicyclic) bond motifs is 1. The number of amides is 1. The van der Waals surface area contributed by atoms with Crippen molar-refractivity contribution < 1.29 is 4.79 Å². The molecule has 0 spiro atoms. The number of thioether (sulfide) groups is 1. The highest BCUT2D eigenvalue weighted by atomic mass is 32.2. The van der Waals surface area contributed by atoms with E-state index in [-0.39, 0.29) is 5.91 Å². The third-order valence-electron chi connectivity index (χ3n) is 3.88. The van der Waals surface area contributed by atoms with Gasteiger partial charge in [0.25, 0.3) is 0 Å². The number of benzene rings is 1. The lowest BCUT2D eigenvalue weighted by atomic mass is 10.1. The van der Waals surface area contributed by atoms with Crippen molar-refractivity contribution >= 4 is 23.4 Å². The molecule has 1 amide bonds. The molecule has 0 saturated heterocycles. The minimum Gasteiger partial charge on any atom is -0.311 e. The van der Waals surface area contributed by atoms with Gasteiger partial charge in [0.2, 0.25) is 5.91 Å². The van der Waals surface area contributed by atoms with Gasteiger partial charge in [-0.05, 0) is 48.8 Å². The van der Waals surface area contributed by atoms with E-state index in [1.165, 1.54) is 10.5 Å². The van der Waals surface area contributed by atoms with Gasteiger partial charge in [-0.3, -0.25) is 9.48 Å². The van der Waals surface area contributed by atoms with Crippen molar-refractivity contribution in [2.24, 2.45) is 7.05 Å². The number of carbonyl (C=O) groups excluding carboxylic acids is 1. The lowest BCUT2D eigenvalue weighted by Gasteiger charge is -2.22. The first kappa shape index (κ1) is 15.2. The summed E-state index contributed by atoms with van der Waals surface area (Å²) in [7, 11) is 1.90. The molecule has 0 fully saturated rings. The zero-order valence-corrected chi connectivity index (χ0v) is 13.9. The average Bonchev–Trinajstić information content (AvgIpc) is 2.80. The Balaban J connectivity index is 1.74. The van der Waals surface area contributed by atoms with E-state index in [0.717, 1.165) is 36.4 Å². The van der Waals surface area contributed by atoms with Gasteiger partial charge >= 0.3 is 0 Å². The van der Waals surface area contributed by atoms with Crippen LogP contribution in [0.5, 0.6) is 0 Å². The third kappa shape index (κ3) is 3.35. The fourth-order valence-corrected chi connectivity index (χ4v) is 3.82. The summed E-state index contributed by atoms with van der Waals surface area (Å²) in [4.78, 5) is 15.9. The number of hydrogen-bond donors (Lipinski definition) is 0. The average molecular weight is 315 g/mol. The first-order chi connectivity index (χ1) is 10.6. The zero-order valence-electron chi connectivity index (χ0n) is 13.1. The summed E-state index contributed by atoms with van der Waals surface area (Å²) >= 11 is 1.86. The van der Waals surface area contributed by atoms with Crippen molar-refractivity contribution in [3.05, 3.63) is 41.7 Å². The van der Waals surface area contributed by atoms with Crippen molar-refractivity contribution in [1.82, 2.24) is 9.78 Å². The monoisotopic (exact) mass is 315 g/mol. The van der Waals surface area contributed by atoms with Crippen LogP contribution in [0.1, 0.15) is 24.0 Å². The van der Waals surface area contributed by atoms with Crippen molar-refractivity contribution in [2.45, 2.75) is 31.1 Å². The molecule has 1 aliphatic rings. The van der Waals surface area contributed by atoms with E-state index >= 15 is 0 Å². The summed E-state index contributed by atoms with van der Waals surface area (Å²) in [5, 5.41) is 4.16. The van der Waals surface area contributed by atoms with E-state index in [1.54, 1.807) is 4.68 Å². The molecule has 0 aliphatic carbocycles. The molecular weight excluding hydrogens is 294 g/mol. The molecule has 0 bridgehead atoms. The molecule has 4 nitrogen and oxygen atoms in total. The van der Waals surface area contributed by atoms with Crippen molar-refractivity contribution in [1.29, 1.82) is 0 Å². The van der Waals surface area contributed by atoms with Crippen LogP contribution < -0.4 is 4.90 Å². The van der Waals surface area contributed by atoms with Gasteiger partial charge in [0.05, 0.1) is 11.9 Å². The molecule has 0 radical (unpaired) electrons. The summed E-state index contributed by atoms with van der Waals surface area (Å²) in [6, 6.07) is 6.36. The van der Waals surface area contributed by atoms with E-state index in [9.17, 15) is 4.79 Å². The molecular formula is C17H21N3OS. The highest BCUT2D eigenvalue weighted by molar-refractivity contribution is 7.99. The van der Waals surface area contributed by atoms with Gasteiger partial charge in [0.1, 0.15) is 0 Å². The fraction of sp³-hybridized carbons (Fsp3) is 0.412. The number of carbonyl (C=O) groups is 1. The molecule has 1 aromatic heterocycles. The second-order valence-electron chi connectivity index (χ2n) is 5.74. The van der Waals surface area contributed by atoms with E-state index < -0.39 is 0 Å². The van der Waals surface area contributed by atoms with Crippen LogP contribution in [0.2, 0.25) is 0 Å². The molecule has 5 heteroatoms. The van der Waals surface area contributed by atoms with E-state index in [4.69, 9.17) is 0 Å². The predicted octanol–water partition coefficient (Wildman–Crippen LogP) is 3.19. The number of anilines is 1. The number of aryl methyl sites for hydroxylation is 3. The maximum absolute atomic E-state index is 12.7. The Kier molecular flexibility index (Phi) is 4.52. The molecule has 2 aromatic rings. The molecule has 3 rings (SSSR count). The molecule has 116 valence electrons. The molecule has 0 unspecified atom stereocenters. The lowest BCUT2D eigenvalue weighted by Crippen LogP contribution is -2.32. The van der Waals surface area contributed by atoms with E-state index in [1.807, 2.05) is 36.1 Å². The molecule has 2 heterocycles. The fourth-order valence-electron chi connectivity index (χ4n) is 2.73. The standard InChI is InChI=1S/C17H21N3OS/c1-13-4-6-15-16(10-13)22-9-3-8-20(15)17(21)7-5-14-11-18-19(2)12-14/h4,6,10-12H,3,5,7-9H2,1-2H3. The summed E-state index contributed by atoms with van der Waals surface area (Å²) in [6.45, 7) is 2.91. The minimum atomic E-state index is 0.205. The highest BCUT2D eigenvalue weighted by Crippen LogP contribution is 2.34. The Morgan fingerprint density at radius 2 is 2.27 bits per heavy atom. The Labute approximate surface area is 135 Å². The number of aromatic nitrogens is 2. The van der Waals surface area contributed by atoms with Crippen LogP contribution in [0.25, 0.3) is 0 Å².